The summed E-state index contributed by atoms with van der Waals surface area (Å²) in [7, 11) is 0. The van der Waals surface area contributed by atoms with Crippen LogP contribution in [0.4, 0.5) is 0 Å². The fourth-order valence-electron chi connectivity index (χ4n) is 3.33. The molecule has 23 heavy (non-hydrogen) atoms. The smallest absolute Gasteiger partial charge is 0.246 e. The van der Waals surface area contributed by atoms with Gasteiger partial charge in [0.15, 0.2) is 0 Å². The molecule has 0 bridgehead atoms. The van der Waals surface area contributed by atoms with Gasteiger partial charge in [0.25, 0.3) is 0 Å². The lowest BCUT2D eigenvalue weighted by Crippen LogP contribution is -2.39. The lowest BCUT2D eigenvalue weighted by atomic mass is 9.95. The third-order valence-electron chi connectivity index (χ3n) is 4.33. The first kappa shape index (κ1) is 15.3. The molecule has 0 aliphatic carbocycles. The van der Waals surface area contributed by atoms with E-state index in [9.17, 15) is 9.59 Å². The van der Waals surface area contributed by atoms with Crippen LogP contribution in [-0.2, 0) is 16.0 Å². The van der Waals surface area contributed by atoms with Crippen LogP contribution in [0.1, 0.15) is 30.6 Å². The number of aromatic nitrogens is 1. The van der Waals surface area contributed by atoms with Crippen LogP contribution in [0.2, 0.25) is 0 Å². The molecule has 0 radical (unpaired) electrons. The number of rotatable bonds is 4. The van der Waals surface area contributed by atoms with Crippen LogP contribution in [-0.4, -0.2) is 28.6 Å². The van der Waals surface area contributed by atoms with Crippen LogP contribution in [0, 0.1) is 0 Å². The molecule has 4 heteroatoms. The number of benzene rings is 1. The summed E-state index contributed by atoms with van der Waals surface area (Å²) in [5, 5.41) is 1.23. The van der Waals surface area contributed by atoms with E-state index in [1.807, 2.05) is 30.0 Å². The Morgan fingerprint density at radius 1 is 1.39 bits per heavy atom. The molecule has 3 rings (SSSR count). The highest BCUT2D eigenvalue weighted by molar-refractivity contribution is 5.90. The van der Waals surface area contributed by atoms with Crippen molar-refractivity contribution in [3.05, 3.63) is 59.8 Å². The molecule has 0 saturated carbocycles. The molecule has 1 aliphatic rings. The van der Waals surface area contributed by atoms with E-state index < -0.39 is 0 Å². The molecule has 1 aromatic carbocycles. The molecule has 1 amide bonds. The number of amides is 1. The molecule has 118 valence electrons. The van der Waals surface area contributed by atoms with E-state index in [4.69, 9.17) is 0 Å². The zero-order chi connectivity index (χ0) is 16.2. The van der Waals surface area contributed by atoms with Crippen LogP contribution in [0.15, 0.2) is 48.6 Å². The first-order chi connectivity index (χ1) is 11.3. The molecule has 2 aromatic rings. The summed E-state index contributed by atoms with van der Waals surface area (Å²) in [6.07, 6.45) is 8.93. The van der Waals surface area contributed by atoms with Crippen molar-refractivity contribution >= 4 is 23.1 Å². The number of para-hydroxylation sites is 1. The molecular formula is C19H20N2O2. The van der Waals surface area contributed by atoms with Crippen LogP contribution in [0.3, 0.4) is 0 Å². The second-order valence-corrected chi connectivity index (χ2v) is 5.66. The monoisotopic (exact) mass is 308 g/mol. The molecule has 1 aromatic heterocycles. The van der Waals surface area contributed by atoms with Gasteiger partial charge in [-0.25, -0.2) is 0 Å². The van der Waals surface area contributed by atoms with E-state index in [-0.39, 0.29) is 11.9 Å². The average molecular weight is 308 g/mol. The predicted molar refractivity (Wildman–Crippen MR) is 91.1 cm³/mol. The second-order valence-electron chi connectivity index (χ2n) is 5.66. The number of carbonyl (C=O) groups excluding carboxylic acids is 2. The third kappa shape index (κ3) is 2.84. The molecule has 1 atom stereocenters. The summed E-state index contributed by atoms with van der Waals surface area (Å²) >= 11 is 0. The van der Waals surface area contributed by atoms with E-state index >= 15 is 0 Å². The highest BCUT2D eigenvalue weighted by Crippen LogP contribution is 2.36. The van der Waals surface area contributed by atoms with Crippen molar-refractivity contribution in [3.63, 3.8) is 0 Å². The predicted octanol–water partition coefficient (Wildman–Crippen LogP) is 3.32. The number of hydrogen-bond acceptors (Lipinski definition) is 2. The van der Waals surface area contributed by atoms with Crippen molar-refractivity contribution in [2.75, 3.05) is 6.54 Å². The minimum Gasteiger partial charge on any atom is -0.356 e. The summed E-state index contributed by atoms with van der Waals surface area (Å²) in [6.45, 7) is 2.54. The van der Waals surface area contributed by atoms with Gasteiger partial charge in [-0.05, 0) is 43.5 Å². The van der Waals surface area contributed by atoms with Gasteiger partial charge in [0, 0.05) is 23.1 Å². The number of aldehydes is 1. The van der Waals surface area contributed by atoms with Crippen molar-refractivity contribution in [1.29, 1.82) is 0 Å². The Balaban J connectivity index is 2.04. The fourth-order valence-corrected chi connectivity index (χ4v) is 3.33. The van der Waals surface area contributed by atoms with E-state index in [2.05, 4.69) is 17.1 Å². The normalized spacial score (nSPS) is 18.0. The molecular weight excluding hydrogens is 288 g/mol. The number of nitrogens with zero attached hydrogens (tertiary/aromatic N) is 1. The van der Waals surface area contributed by atoms with Crippen molar-refractivity contribution in [3.8, 4) is 0 Å². The minimum atomic E-state index is -0.0638. The first-order valence-corrected chi connectivity index (χ1v) is 7.89. The lowest BCUT2D eigenvalue weighted by molar-refractivity contribution is -0.128. The van der Waals surface area contributed by atoms with Crippen molar-refractivity contribution < 1.29 is 9.59 Å². The molecule has 1 aliphatic heterocycles. The summed E-state index contributed by atoms with van der Waals surface area (Å²) in [5.41, 5.74) is 3.47. The van der Waals surface area contributed by atoms with Gasteiger partial charge in [-0.2, -0.15) is 0 Å². The highest BCUT2D eigenvalue weighted by Gasteiger charge is 2.31. The number of aromatic amines is 1. The number of allylic oxidation sites excluding steroid dienone is 2. The number of nitrogens with one attached hydrogen (secondary N) is 1. The lowest BCUT2D eigenvalue weighted by Gasteiger charge is -2.34. The maximum absolute atomic E-state index is 12.4. The minimum absolute atomic E-state index is 0.0151. The maximum Gasteiger partial charge on any atom is 0.246 e. The molecule has 0 fully saturated rings. The summed E-state index contributed by atoms with van der Waals surface area (Å²) in [4.78, 5) is 28.3. The van der Waals surface area contributed by atoms with Gasteiger partial charge >= 0.3 is 0 Å². The van der Waals surface area contributed by atoms with Crippen LogP contribution in [0.5, 0.6) is 0 Å². The van der Waals surface area contributed by atoms with Gasteiger partial charge in [-0.1, -0.05) is 30.4 Å². The van der Waals surface area contributed by atoms with Crippen molar-refractivity contribution in [1.82, 2.24) is 9.88 Å². The van der Waals surface area contributed by atoms with Crippen LogP contribution >= 0.6 is 0 Å². The van der Waals surface area contributed by atoms with Gasteiger partial charge in [0.05, 0.1) is 6.04 Å². The number of H-pyrrole nitrogens is 1. The molecule has 2 heterocycles. The van der Waals surface area contributed by atoms with E-state index in [1.165, 1.54) is 17.0 Å². The SMILES string of the molecule is C/C=C/C(=O)N1CCc2c([nH]c3ccccc23)[C@H]1C/C=C\C=O. The Morgan fingerprint density at radius 2 is 2.22 bits per heavy atom. The quantitative estimate of drug-likeness (QED) is 0.696. The second kappa shape index (κ2) is 6.65. The van der Waals surface area contributed by atoms with Gasteiger partial charge in [-0.3, -0.25) is 9.59 Å². The molecule has 1 N–H and O–H groups in total. The van der Waals surface area contributed by atoms with Crippen molar-refractivity contribution in [2.45, 2.75) is 25.8 Å². The Bertz CT molecular complexity index is 786. The molecule has 4 nitrogen and oxygen atoms in total. The zero-order valence-electron chi connectivity index (χ0n) is 13.2. The average Bonchev–Trinajstić information content (AvgIpc) is 2.94. The molecule has 0 saturated heterocycles. The van der Waals surface area contributed by atoms with Gasteiger partial charge in [-0.15, -0.1) is 0 Å². The molecule has 0 spiro atoms. The van der Waals surface area contributed by atoms with E-state index in [1.54, 1.807) is 12.2 Å². The third-order valence-corrected chi connectivity index (χ3v) is 4.33. The highest BCUT2D eigenvalue weighted by atomic mass is 16.2. The molecule has 0 unspecified atom stereocenters. The summed E-state index contributed by atoms with van der Waals surface area (Å²) in [6, 6.07) is 8.16. The van der Waals surface area contributed by atoms with Gasteiger partial charge in [0.2, 0.25) is 5.91 Å². The topological polar surface area (TPSA) is 53.2 Å². The Labute approximate surface area is 135 Å². The van der Waals surface area contributed by atoms with Crippen LogP contribution < -0.4 is 0 Å². The van der Waals surface area contributed by atoms with Crippen molar-refractivity contribution in [2.24, 2.45) is 0 Å². The number of fused-ring (bicyclic) bond motifs is 3. The Morgan fingerprint density at radius 3 is 3.00 bits per heavy atom. The Kier molecular flexibility index (Phi) is 4.42. The summed E-state index contributed by atoms with van der Waals surface area (Å²) in [5.74, 6) is 0.0151. The van der Waals surface area contributed by atoms with E-state index in [0.717, 1.165) is 23.9 Å². The number of carbonyl (C=O) groups is 2. The number of hydrogen-bond donors (Lipinski definition) is 1. The summed E-state index contributed by atoms with van der Waals surface area (Å²) < 4.78 is 0. The Hall–Kier alpha value is -2.62. The largest absolute Gasteiger partial charge is 0.356 e. The standard InChI is InChI=1S/C19H20N2O2/c1-2-7-18(23)21-12-11-15-14-8-3-4-9-16(14)20-19(15)17(21)10-5-6-13-22/h2-9,13,17,20H,10-12H2,1H3/b6-5-,7-2+/t17-/m1/s1. The van der Waals surface area contributed by atoms with E-state index in [0.29, 0.717) is 13.0 Å². The van der Waals surface area contributed by atoms with Gasteiger partial charge in [0.1, 0.15) is 6.29 Å². The van der Waals surface area contributed by atoms with Crippen LogP contribution in [0.25, 0.3) is 10.9 Å². The maximum atomic E-state index is 12.4. The first-order valence-electron chi connectivity index (χ1n) is 7.89. The fraction of sp³-hybridized carbons (Fsp3) is 0.263. The van der Waals surface area contributed by atoms with Gasteiger partial charge < -0.3 is 9.88 Å². The zero-order valence-corrected chi connectivity index (χ0v) is 13.2.